The molecule has 0 bridgehead atoms. The summed E-state index contributed by atoms with van der Waals surface area (Å²) in [5.74, 6) is 2.07. The number of rotatable bonds is 3. The Morgan fingerprint density at radius 3 is 2.93 bits per heavy atom. The minimum atomic E-state index is 0.815. The van der Waals surface area contributed by atoms with Crippen LogP contribution in [0.4, 0.5) is 5.69 Å². The molecule has 0 unspecified atom stereocenters. The van der Waals surface area contributed by atoms with E-state index in [0.29, 0.717) is 0 Å². The fourth-order valence-electron chi connectivity index (χ4n) is 1.90. The highest BCUT2D eigenvalue weighted by Crippen LogP contribution is 2.31. The highest BCUT2D eigenvalue weighted by molar-refractivity contribution is 7.99. The molecule has 0 atom stereocenters. The van der Waals surface area contributed by atoms with Crippen molar-refractivity contribution in [2.75, 3.05) is 11.5 Å². The number of hydrogen-bond donors (Lipinski definition) is 1. The first-order valence-corrected chi connectivity index (χ1v) is 6.18. The Morgan fingerprint density at radius 2 is 2.21 bits per heavy atom. The Bertz CT molecular complexity index is 295. The third-order valence-electron chi connectivity index (χ3n) is 2.73. The van der Waals surface area contributed by atoms with Crippen LogP contribution >= 0.6 is 11.8 Å². The Kier molecular flexibility index (Phi) is 3.30. The van der Waals surface area contributed by atoms with E-state index in [-0.39, 0.29) is 0 Å². The predicted molar refractivity (Wildman–Crippen MR) is 61.3 cm³/mol. The Morgan fingerprint density at radius 1 is 1.43 bits per heavy atom. The first-order valence-electron chi connectivity index (χ1n) is 5.19. The second-order valence-corrected chi connectivity index (χ2v) is 4.87. The number of nitrogens with two attached hydrogens (primary N) is 1. The zero-order valence-electron chi connectivity index (χ0n) is 8.28. The molecule has 1 aromatic heterocycles. The molecule has 1 aromatic rings. The molecule has 2 nitrogen and oxygen atoms in total. The Balaban J connectivity index is 1.88. The number of pyridine rings is 1. The van der Waals surface area contributed by atoms with Gasteiger partial charge in [-0.1, -0.05) is 12.8 Å². The van der Waals surface area contributed by atoms with Gasteiger partial charge < -0.3 is 5.73 Å². The molecule has 0 aromatic carbocycles. The van der Waals surface area contributed by atoms with Crippen molar-refractivity contribution in [3.05, 3.63) is 18.3 Å². The van der Waals surface area contributed by atoms with Crippen molar-refractivity contribution in [2.45, 2.75) is 30.7 Å². The molecular formula is C11H16N2S. The summed E-state index contributed by atoms with van der Waals surface area (Å²) >= 11 is 1.81. The zero-order valence-corrected chi connectivity index (χ0v) is 9.09. The van der Waals surface area contributed by atoms with E-state index in [2.05, 4.69) is 4.98 Å². The van der Waals surface area contributed by atoms with Crippen molar-refractivity contribution in [1.82, 2.24) is 4.98 Å². The van der Waals surface area contributed by atoms with Gasteiger partial charge in [0.1, 0.15) is 5.03 Å². The van der Waals surface area contributed by atoms with Crippen LogP contribution in [0, 0.1) is 5.92 Å². The van der Waals surface area contributed by atoms with Crippen LogP contribution in [-0.2, 0) is 0 Å². The Hall–Kier alpha value is -0.700. The van der Waals surface area contributed by atoms with Crippen LogP contribution in [0.2, 0.25) is 0 Å². The van der Waals surface area contributed by atoms with Crippen LogP contribution in [-0.4, -0.2) is 10.7 Å². The summed E-state index contributed by atoms with van der Waals surface area (Å²) in [5.41, 5.74) is 6.64. The smallest absolute Gasteiger partial charge is 0.119 e. The SMILES string of the molecule is Nc1cccnc1SCC1CCCC1. The van der Waals surface area contributed by atoms with E-state index in [1.807, 2.05) is 30.1 Å². The molecule has 0 amide bonds. The molecule has 3 heteroatoms. The van der Waals surface area contributed by atoms with E-state index in [0.717, 1.165) is 16.6 Å². The van der Waals surface area contributed by atoms with Crippen molar-refractivity contribution in [3.8, 4) is 0 Å². The van der Waals surface area contributed by atoms with Crippen LogP contribution in [0.25, 0.3) is 0 Å². The van der Waals surface area contributed by atoms with Gasteiger partial charge in [-0.25, -0.2) is 4.98 Å². The minimum absolute atomic E-state index is 0.815. The topological polar surface area (TPSA) is 38.9 Å². The van der Waals surface area contributed by atoms with Crippen molar-refractivity contribution in [1.29, 1.82) is 0 Å². The highest BCUT2D eigenvalue weighted by Gasteiger charge is 2.15. The average molecular weight is 208 g/mol. The fourth-order valence-corrected chi connectivity index (χ4v) is 2.99. The van der Waals surface area contributed by atoms with E-state index in [4.69, 9.17) is 5.73 Å². The molecular weight excluding hydrogens is 192 g/mol. The summed E-state index contributed by atoms with van der Waals surface area (Å²) in [5, 5.41) is 0.999. The number of aromatic nitrogens is 1. The van der Waals surface area contributed by atoms with Crippen LogP contribution in [0.3, 0.4) is 0 Å². The van der Waals surface area contributed by atoms with Crippen LogP contribution in [0.15, 0.2) is 23.4 Å². The summed E-state index contributed by atoms with van der Waals surface area (Å²) < 4.78 is 0. The summed E-state index contributed by atoms with van der Waals surface area (Å²) in [6, 6.07) is 3.80. The van der Waals surface area contributed by atoms with E-state index in [9.17, 15) is 0 Å². The molecule has 14 heavy (non-hydrogen) atoms. The molecule has 0 radical (unpaired) electrons. The van der Waals surface area contributed by atoms with Crippen LogP contribution < -0.4 is 5.73 Å². The van der Waals surface area contributed by atoms with E-state index in [1.165, 1.54) is 31.4 Å². The standard InChI is InChI=1S/C11H16N2S/c12-10-6-3-7-13-11(10)14-8-9-4-1-2-5-9/h3,6-7,9H,1-2,4-5,8,12H2. The number of hydrogen-bond acceptors (Lipinski definition) is 3. The maximum absolute atomic E-state index is 5.82. The molecule has 1 saturated carbocycles. The quantitative estimate of drug-likeness (QED) is 0.776. The van der Waals surface area contributed by atoms with Crippen molar-refractivity contribution in [2.24, 2.45) is 5.92 Å². The van der Waals surface area contributed by atoms with Crippen molar-refractivity contribution < 1.29 is 0 Å². The third kappa shape index (κ3) is 2.41. The van der Waals surface area contributed by atoms with Gasteiger partial charge in [0, 0.05) is 11.9 Å². The molecule has 2 rings (SSSR count). The fraction of sp³-hybridized carbons (Fsp3) is 0.545. The van der Waals surface area contributed by atoms with Gasteiger partial charge in [0.05, 0.1) is 5.69 Å². The lowest BCUT2D eigenvalue weighted by atomic mass is 10.1. The first kappa shape index (κ1) is 9.84. The second-order valence-electron chi connectivity index (χ2n) is 3.86. The van der Waals surface area contributed by atoms with Gasteiger partial charge in [-0.05, 0) is 30.9 Å². The van der Waals surface area contributed by atoms with Crippen LogP contribution in [0.1, 0.15) is 25.7 Å². The van der Waals surface area contributed by atoms with E-state index >= 15 is 0 Å². The summed E-state index contributed by atoms with van der Waals surface area (Å²) in [7, 11) is 0. The zero-order chi connectivity index (χ0) is 9.80. The van der Waals surface area contributed by atoms with Gasteiger partial charge in [-0.15, -0.1) is 11.8 Å². The van der Waals surface area contributed by atoms with Gasteiger partial charge in [0.25, 0.3) is 0 Å². The molecule has 1 aliphatic rings. The summed E-state index contributed by atoms with van der Waals surface area (Å²) in [4.78, 5) is 4.28. The average Bonchev–Trinajstić information content (AvgIpc) is 2.69. The predicted octanol–water partition coefficient (Wildman–Crippen LogP) is 2.95. The molecule has 1 heterocycles. The molecule has 1 aliphatic carbocycles. The largest absolute Gasteiger partial charge is 0.397 e. The maximum Gasteiger partial charge on any atom is 0.119 e. The van der Waals surface area contributed by atoms with Gasteiger partial charge >= 0.3 is 0 Å². The monoisotopic (exact) mass is 208 g/mol. The first-order chi connectivity index (χ1) is 6.86. The van der Waals surface area contributed by atoms with Crippen molar-refractivity contribution in [3.63, 3.8) is 0 Å². The number of anilines is 1. The molecule has 0 spiro atoms. The summed E-state index contributed by atoms with van der Waals surface area (Å²) in [6.45, 7) is 0. The van der Waals surface area contributed by atoms with Gasteiger partial charge in [0.15, 0.2) is 0 Å². The molecule has 0 aliphatic heterocycles. The number of thioether (sulfide) groups is 1. The molecule has 76 valence electrons. The lowest BCUT2D eigenvalue weighted by Gasteiger charge is -2.08. The van der Waals surface area contributed by atoms with E-state index in [1.54, 1.807) is 0 Å². The van der Waals surface area contributed by atoms with Crippen LogP contribution in [0.5, 0.6) is 0 Å². The lowest BCUT2D eigenvalue weighted by molar-refractivity contribution is 0.623. The van der Waals surface area contributed by atoms with Gasteiger partial charge in [-0.2, -0.15) is 0 Å². The lowest BCUT2D eigenvalue weighted by Crippen LogP contribution is -1.98. The van der Waals surface area contributed by atoms with E-state index < -0.39 is 0 Å². The molecule has 1 fully saturated rings. The Labute approximate surface area is 89.3 Å². The minimum Gasteiger partial charge on any atom is -0.397 e. The third-order valence-corrected chi connectivity index (χ3v) is 3.98. The van der Waals surface area contributed by atoms with Gasteiger partial charge in [0.2, 0.25) is 0 Å². The molecule has 0 saturated heterocycles. The maximum atomic E-state index is 5.82. The number of nitrogen functional groups attached to an aromatic ring is 1. The second kappa shape index (κ2) is 4.69. The highest BCUT2D eigenvalue weighted by atomic mass is 32.2. The van der Waals surface area contributed by atoms with Gasteiger partial charge in [-0.3, -0.25) is 0 Å². The molecule has 2 N–H and O–H groups in total. The van der Waals surface area contributed by atoms with Crippen molar-refractivity contribution >= 4 is 17.4 Å². The normalized spacial score (nSPS) is 17.4. The summed E-state index contributed by atoms with van der Waals surface area (Å²) in [6.07, 6.45) is 7.40. The number of nitrogens with zero attached hydrogens (tertiary/aromatic N) is 1.